The predicted octanol–water partition coefficient (Wildman–Crippen LogP) is 4.34. The van der Waals surface area contributed by atoms with Gasteiger partial charge >= 0.3 is 6.09 Å². The van der Waals surface area contributed by atoms with Gasteiger partial charge < -0.3 is 10.1 Å². The maximum absolute atomic E-state index is 12.4. The maximum Gasteiger partial charge on any atom is 0.412 e. The molecule has 2 N–H and O–H groups in total. The Morgan fingerprint density at radius 1 is 1.08 bits per heavy atom. The smallest absolute Gasteiger partial charge is 0.412 e. The van der Waals surface area contributed by atoms with Crippen LogP contribution in [0.15, 0.2) is 24.3 Å². The lowest BCUT2D eigenvalue weighted by atomic mass is 9.86. The Morgan fingerprint density at radius 3 is 2.29 bits per heavy atom. The van der Waals surface area contributed by atoms with Gasteiger partial charge in [-0.05, 0) is 63.8 Å². The van der Waals surface area contributed by atoms with Gasteiger partial charge in [-0.3, -0.25) is 10.1 Å². The Bertz CT molecular complexity index is 575. The second-order valence-corrected chi connectivity index (χ2v) is 7.55. The van der Waals surface area contributed by atoms with Crippen LogP contribution in [-0.4, -0.2) is 23.6 Å². The third-order valence-electron chi connectivity index (χ3n) is 4.22. The van der Waals surface area contributed by atoms with E-state index in [-0.39, 0.29) is 11.9 Å². The van der Waals surface area contributed by atoms with Crippen LogP contribution in [-0.2, 0) is 4.74 Å². The third-order valence-corrected chi connectivity index (χ3v) is 4.22. The number of ether oxygens (including phenoxy) is 1. The van der Waals surface area contributed by atoms with E-state index in [4.69, 9.17) is 4.74 Å². The summed E-state index contributed by atoms with van der Waals surface area (Å²) in [5.41, 5.74) is 0.662. The van der Waals surface area contributed by atoms with Crippen molar-refractivity contribution in [1.82, 2.24) is 5.32 Å². The van der Waals surface area contributed by atoms with Gasteiger partial charge in [0, 0.05) is 17.3 Å². The molecule has 2 amide bonds. The lowest BCUT2D eigenvalue weighted by molar-refractivity contribution is 0.0635. The van der Waals surface area contributed by atoms with Crippen molar-refractivity contribution in [2.45, 2.75) is 65.0 Å². The summed E-state index contributed by atoms with van der Waals surface area (Å²) < 4.78 is 5.20. The van der Waals surface area contributed by atoms with Gasteiger partial charge in [-0.1, -0.05) is 19.8 Å². The van der Waals surface area contributed by atoms with Crippen LogP contribution >= 0.6 is 0 Å². The molecule has 0 unspecified atom stereocenters. The van der Waals surface area contributed by atoms with Crippen LogP contribution in [0.3, 0.4) is 0 Å². The van der Waals surface area contributed by atoms with E-state index in [2.05, 4.69) is 17.6 Å². The van der Waals surface area contributed by atoms with Crippen molar-refractivity contribution >= 4 is 17.7 Å². The van der Waals surface area contributed by atoms with Crippen molar-refractivity contribution in [3.63, 3.8) is 0 Å². The maximum atomic E-state index is 12.4. The van der Waals surface area contributed by atoms with Gasteiger partial charge in [0.15, 0.2) is 0 Å². The van der Waals surface area contributed by atoms with Gasteiger partial charge in [0.2, 0.25) is 0 Å². The molecule has 1 aliphatic carbocycles. The number of hydrogen-bond acceptors (Lipinski definition) is 3. The Hall–Kier alpha value is -2.04. The molecule has 2 rings (SSSR count). The van der Waals surface area contributed by atoms with E-state index < -0.39 is 11.7 Å². The molecule has 1 fully saturated rings. The van der Waals surface area contributed by atoms with Gasteiger partial charge in [-0.15, -0.1) is 0 Å². The fourth-order valence-corrected chi connectivity index (χ4v) is 2.91. The first-order valence-corrected chi connectivity index (χ1v) is 8.65. The van der Waals surface area contributed by atoms with Crippen molar-refractivity contribution in [3.05, 3.63) is 29.8 Å². The average Bonchev–Trinajstić information content (AvgIpc) is 2.48. The highest BCUT2D eigenvalue weighted by Gasteiger charge is 2.23. The summed E-state index contributed by atoms with van der Waals surface area (Å²) >= 11 is 0. The monoisotopic (exact) mass is 332 g/mol. The van der Waals surface area contributed by atoms with Crippen LogP contribution in [0, 0.1) is 5.92 Å². The van der Waals surface area contributed by atoms with Crippen molar-refractivity contribution in [2.75, 3.05) is 5.32 Å². The van der Waals surface area contributed by atoms with Crippen molar-refractivity contribution in [1.29, 1.82) is 0 Å². The van der Waals surface area contributed by atoms with Crippen LogP contribution in [0.5, 0.6) is 0 Å². The third kappa shape index (κ3) is 5.55. The molecule has 5 heteroatoms. The lowest BCUT2D eigenvalue weighted by Gasteiger charge is -2.29. The van der Waals surface area contributed by atoms with Crippen LogP contribution in [0.4, 0.5) is 10.5 Å². The molecule has 132 valence electrons. The second kappa shape index (κ2) is 7.69. The van der Waals surface area contributed by atoms with Crippen LogP contribution in [0.25, 0.3) is 0 Å². The molecule has 1 aromatic rings. The summed E-state index contributed by atoms with van der Waals surface area (Å²) in [5.74, 6) is 0.466. The second-order valence-electron chi connectivity index (χ2n) is 7.55. The fraction of sp³-hybridized carbons (Fsp3) is 0.579. The highest BCUT2D eigenvalue weighted by Crippen LogP contribution is 2.24. The van der Waals surface area contributed by atoms with Gasteiger partial charge in [0.1, 0.15) is 5.60 Å². The van der Waals surface area contributed by atoms with Crippen LogP contribution in [0.2, 0.25) is 0 Å². The largest absolute Gasteiger partial charge is 0.444 e. The highest BCUT2D eigenvalue weighted by molar-refractivity contribution is 5.95. The van der Waals surface area contributed by atoms with E-state index in [1.54, 1.807) is 24.3 Å². The summed E-state index contributed by atoms with van der Waals surface area (Å²) in [7, 11) is 0. The first-order valence-electron chi connectivity index (χ1n) is 8.65. The summed E-state index contributed by atoms with van der Waals surface area (Å²) in [4.78, 5) is 24.1. The molecule has 0 aliphatic heterocycles. The lowest BCUT2D eigenvalue weighted by Crippen LogP contribution is -2.41. The Morgan fingerprint density at radius 2 is 1.71 bits per heavy atom. The first kappa shape index (κ1) is 18.3. The SMILES string of the molecule is C[C@@H]1CCCC[C@@H]1NC(=O)c1ccc(NC(=O)OC(C)(C)C)cc1. The van der Waals surface area contributed by atoms with E-state index in [1.807, 2.05) is 20.8 Å². The fourth-order valence-electron chi connectivity index (χ4n) is 2.91. The van der Waals surface area contributed by atoms with Crippen molar-refractivity contribution < 1.29 is 14.3 Å². The van der Waals surface area contributed by atoms with Crippen LogP contribution in [0.1, 0.15) is 63.7 Å². The molecule has 1 saturated carbocycles. The number of hydrogen-bond donors (Lipinski definition) is 2. The number of amides is 2. The molecule has 1 aliphatic rings. The Balaban J connectivity index is 1.91. The molecule has 5 nitrogen and oxygen atoms in total. The number of anilines is 1. The van der Waals surface area contributed by atoms with Gasteiger partial charge in [-0.2, -0.15) is 0 Å². The van der Waals surface area contributed by atoms with E-state index in [0.717, 1.165) is 6.42 Å². The number of rotatable bonds is 3. The zero-order valence-electron chi connectivity index (χ0n) is 15.0. The van der Waals surface area contributed by atoms with E-state index >= 15 is 0 Å². The average molecular weight is 332 g/mol. The van der Waals surface area contributed by atoms with E-state index in [0.29, 0.717) is 17.2 Å². The molecule has 0 bridgehead atoms. The Labute approximate surface area is 144 Å². The molecule has 0 aromatic heterocycles. The topological polar surface area (TPSA) is 67.4 Å². The molecule has 2 atom stereocenters. The van der Waals surface area contributed by atoms with Gasteiger partial charge in [-0.25, -0.2) is 4.79 Å². The Kier molecular flexibility index (Phi) is 5.86. The molecular formula is C19H28N2O3. The van der Waals surface area contributed by atoms with Crippen LogP contribution < -0.4 is 10.6 Å². The predicted molar refractivity (Wildman–Crippen MR) is 95.2 cm³/mol. The minimum atomic E-state index is -0.541. The number of benzene rings is 1. The summed E-state index contributed by atoms with van der Waals surface area (Å²) in [6, 6.07) is 7.11. The summed E-state index contributed by atoms with van der Waals surface area (Å²) in [6.07, 6.45) is 4.14. The van der Waals surface area contributed by atoms with E-state index in [1.165, 1.54) is 19.3 Å². The molecule has 0 spiro atoms. The minimum Gasteiger partial charge on any atom is -0.444 e. The quantitative estimate of drug-likeness (QED) is 0.865. The molecule has 24 heavy (non-hydrogen) atoms. The number of carbonyl (C=O) groups excluding carboxylic acids is 2. The summed E-state index contributed by atoms with van der Waals surface area (Å²) in [5, 5.41) is 5.79. The zero-order valence-corrected chi connectivity index (χ0v) is 15.0. The van der Waals surface area contributed by atoms with Gasteiger partial charge in [0.25, 0.3) is 5.91 Å². The molecule has 0 radical (unpaired) electrons. The standard InChI is InChI=1S/C19H28N2O3/c1-13-7-5-6-8-16(13)21-17(22)14-9-11-15(12-10-14)20-18(23)24-19(2,3)4/h9-13,16H,5-8H2,1-4H3,(H,20,23)(H,21,22)/t13-,16+/m1/s1. The minimum absolute atomic E-state index is 0.0578. The van der Waals surface area contributed by atoms with Crippen molar-refractivity contribution in [2.24, 2.45) is 5.92 Å². The summed E-state index contributed by atoms with van der Waals surface area (Å²) in [6.45, 7) is 7.63. The first-order chi connectivity index (χ1) is 11.2. The van der Waals surface area contributed by atoms with Gasteiger partial charge in [0.05, 0.1) is 0 Å². The van der Waals surface area contributed by atoms with Crippen molar-refractivity contribution in [3.8, 4) is 0 Å². The number of carbonyl (C=O) groups is 2. The van der Waals surface area contributed by atoms with E-state index in [9.17, 15) is 9.59 Å². The normalized spacial score (nSPS) is 21.0. The highest BCUT2D eigenvalue weighted by atomic mass is 16.6. The molecule has 0 saturated heterocycles. The zero-order chi connectivity index (χ0) is 17.7. The number of nitrogens with one attached hydrogen (secondary N) is 2. The molecule has 0 heterocycles. The molecule has 1 aromatic carbocycles. The molecular weight excluding hydrogens is 304 g/mol.